The average molecular weight is 473 g/mol. The molecule has 1 amide bonds. The second kappa shape index (κ2) is 8.31. The summed E-state index contributed by atoms with van der Waals surface area (Å²) in [5, 5.41) is 0. The molecular formula is C22H20F5NO3S. The van der Waals surface area contributed by atoms with E-state index in [2.05, 4.69) is 0 Å². The van der Waals surface area contributed by atoms with Crippen molar-refractivity contribution in [3.05, 3.63) is 63.0 Å². The van der Waals surface area contributed by atoms with Crippen LogP contribution in [0.3, 0.4) is 0 Å². The number of ether oxygens (including phenoxy) is 1. The highest BCUT2D eigenvalue weighted by molar-refractivity contribution is 7.13. The van der Waals surface area contributed by atoms with Gasteiger partial charge in [-0.3, -0.25) is 4.79 Å². The van der Waals surface area contributed by atoms with E-state index in [-0.39, 0.29) is 28.1 Å². The lowest BCUT2D eigenvalue weighted by Crippen LogP contribution is -2.37. The summed E-state index contributed by atoms with van der Waals surface area (Å²) in [7, 11) is 0. The van der Waals surface area contributed by atoms with E-state index in [1.54, 1.807) is 27.7 Å². The molecule has 0 saturated heterocycles. The molecule has 0 spiro atoms. The molecular weight excluding hydrogens is 453 g/mol. The number of hydrogen-bond donors (Lipinski definition) is 0. The van der Waals surface area contributed by atoms with E-state index in [0.717, 1.165) is 35.4 Å². The molecule has 1 aliphatic rings. The van der Waals surface area contributed by atoms with Crippen LogP contribution in [0.5, 0.6) is 0 Å². The zero-order valence-electron chi connectivity index (χ0n) is 17.6. The first-order valence-electron chi connectivity index (χ1n) is 9.61. The number of halogens is 5. The first-order valence-corrected chi connectivity index (χ1v) is 10.4. The molecule has 0 bridgehead atoms. The van der Waals surface area contributed by atoms with Gasteiger partial charge in [-0.1, -0.05) is 13.8 Å². The van der Waals surface area contributed by atoms with Crippen LogP contribution in [-0.2, 0) is 21.1 Å². The first kappa shape index (κ1) is 23.9. The van der Waals surface area contributed by atoms with E-state index in [1.807, 2.05) is 0 Å². The van der Waals surface area contributed by atoms with Crippen molar-refractivity contribution in [3.8, 4) is 0 Å². The van der Waals surface area contributed by atoms with Crippen LogP contribution in [0.25, 0.3) is 5.57 Å². The van der Waals surface area contributed by atoms with Gasteiger partial charge in [0.25, 0.3) is 5.91 Å². The molecule has 172 valence electrons. The number of amides is 1. The lowest BCUT2D eigenvalue weighted by atomic mass is 9.84. The minimum Gasteiger partial charge on any atom is -0.459 e. The molecule has 32 heavy (non-hydrogen) atoms. The summed E-state index contributed by atoms with van der Waals surface area (Å²) < 4.78 is 72.4. The van der Waals surface area contributed by atoms with Gasteiger partial charge in [-0.05, 0) is 43.7 Å². The molecule has 0 unspecified atom stereocenters. The Hall–Kier alpha value is -2.75. The molecule has 0 N–H and O–H groups in total. The Morgan fingerprint density at radius 1 is 1.12 bits per heavy atom. The standard InChI is InChI=1S/C22H20F5NO3S/c1-11(2)31-20(30)13-9-28(19(29)12-5-6-15(23)16(24)7-12)10-21(3,4)14-8-17(22(25,26)27)32-18(13)14/h5-9,11H,10H2,1-4H3. The number of fused-ring (bicyclic) bond motifs is 1. The molecule has 2 aromatic rings. The number of carbonyl (C=O) groups excluding carboxylic acids is 2. The molecule has 0 radical (unpaired) electrons. The van der Waals surface area contributed by atoms with Crippen molar-refractivity contribution in [2.75, 3.05) is 6.54 Å². The van der Waals surface area contributed by atoms with Gasteiger partial charge in [-0.15, -0.1) is 11.3 Å². The largest absolute Gasteiger partial charge is 0.459 e. The summed E-state index contributed by atoms with van der Waals surface area (Å²) in [6.45, 7) is 6.33. The predicted octanol–water partition coefficient (Wildman–Crippen LogP) is 5.77. The predicted molar refractivity (Wildman–Crippen MR) is 109 cm³/mol. The average Bonchev–Trinajstić information content (AvgIpc) is 3.08. The van der Waals surface area contributed by atoms with Gasteiger partial charge in [0.15, 0.2) is 11.6 Å². The Kier molecular flexibility index (Phi) is 6.21. The molecule has 3 rings (SSSR count). The van der Waals surface area contributed by atoms with Crippen molar-refractivity contribution >= 4 is 28.8 Å². The number of nitrogens with zero attached hydrogens (tertiary/aromatic N) is 1. The summed E-state index contributed by atoms with van der Waals surface area (Å²) in [5.74, 6) is -3.98. The van der Waals surface area contributed by atoms with Crippen LogP contribution >= 0.6 is 11.3 Å². The summed E-state index contributed by atoms with van der Waals surface area (Å²) in [4.78, 5) is 26.1. The highest BCUT2D eigenvalue weighted by atomic mass is 32.1. The number of carbonyl (C=O) groups is 2. The second-order valence-electron chi connectivity index (χ2n) is 8.29. The molecule has 4 nitrogen and oxygen atoms in total. The van der Waals surface area contributed by atoms with Crippen LogP contribution < -0.4 is 0 Å². The van der Waals surface area contributed by atoms with Crippen LogP contribution in [0.1, 0.15) is 53.4 Å². The van der Waals surface area contributed by atoms with Gasteiger partial charge in [0.05, 0.1) is 11.7 Å². The normalized spacial score (nSPS) is 15.8. The molecule has 0 atom stereocenters. The van der Waals surface area contributed by atoms with Crippen molar-refractivity contribution in [2.24, 2.45) is 0 Å². The Morgan fingerprint density at radius 2 is 1.78 bits per heavy atom. The maximum atomic E-state index is 13.7. The molecule has 10 heteroatoms. The van der Waals surface area contributed by atoms with Crippen LogP contribution in [0, 0.1) is 11.6 Å². The molecule has 0 fully saturated rings. The van der Waals surface area contributed by atoms with Crippen molar-refractivity contribution < 1.29 is 36.3 Å². The fourth-order valence-corrected chi connectivity index (χ4v) is 4.56. The quantitative estimate of drug-likeness (QED) is 0.420. The van der Waals surface area contributed by atoms with Gasteiger partial charge in [-0.2, -0.15) is 13.2 Å². The van der Waals surface area contributed by atoms with Gasteiger partial charge in [0.1, 0.15) is 4.88 Å². The molecule has 1 aromatic carbocycles. The maximum absolute atomic E-state index is 13.7. The fraction of sp³-hybridized carbons (Fsp3) is 0.364. The third kappa shape index (κ3) is 4.69. The van der Waals surface area contributed by atoms with E-state index in [9.17, 15) is 31.5 Å². The lowest BCUT2D eigenvalue weighted by Gasteiger charge is -2.29. The van der Waals surface area contributed by atoms with Gasteiger partial charge in [-0.25, -0.2) is 13.6 Å². The van der Waals surface area contributed by atoms with E-state index in [4.69, 9.17) is 4.74 Å². The number of benzene rings is 1. The van der Waals surface area contributed by atoms with Crippen LogP contribution in [0.2, 0.25) is 0 Å². The van der Waals surface area contributed by atoms with Crippen molar-refractivity contribution in [3.63, 3.8) is 0 Å². The summed E-state index contributed by atoms with van der Waals surface area (Å²) in [6, 6.07) is 3.60. The summed E-state index contributed by atoms with van der Waals surface area (Å²) >= 11 is 0.394. The Balaban J connectivity index is 2.16. The Labute approximate surface area is 185 Å². The van der Waals surface area contributed by atoms with Gasteiger partial charge >= 0.3 is 12.1 Å². The number of hydrogen-bond acceptors (Lipinski definition) is 4. The first-order chi connectivity index (χ1) is 14.7. The van der Waals surface area contributed by atoms with Crippen molar-refractivity contribution in [1.29, 1.82) is 0 Å². The number of rotatable bonds is 3. The van der Waals surface area contributed by atoms with E-state index in [0.29, 0.717) is 11.3 Å². The van der Waals surface area contributed by atoms with Crippen molar-refractivity contribution in [1.82, 2.24) is 4.90 Å². The smallest absolute Gasteiger partial charge is 0.425 e. The van der Waals surface area contributed by atoms with E-state index < -0.39 is 46.1 Å². The third-order valence-corrected chi connectivity index (χ3v) is 6.04. The molecule has 0 aliphatic carbocycles. The highest BCUT2D eigenvalue weighted by Gasteiger charge is 2.41. The zero-order chi connectivity index (χ0) is 24.0. The number of alkyl halides is 3. The molecule has 2 heterocycles. The van der Waals surface area contributed by atoms with Gasteiger partial charge in [0.2, 0.25) is 0 Å². The fourth-order valence-electron chi connectivity index (χ4n) is 3.35. The molecule has 0 saturated carbocycles. The number of esters is 1. The Morgan fingerprint density at radius 3 is 2.34 bits per heavy atom. The molecule has 1 aromatic heterocycles. The highest BCUT2D eigenvalue weighted by Crippen LogP contribution is 2.45. The monoisotopic (exact) mass is 473 g/mol. The van der Waals surface area contributed by atoms with Crippen molar-refractivity contribution in [2.45, 2.75) is 45.4 Å². The third-order valence-electron chi connectivity index (χ3n) is 4.83. The minimum absolute atomic E-state index is 0.0496. The number of thiophene rings is 1. The zero-order valence-corrected chi connectivity index (χ0v) is 18.5. The lowest BCUT2D eigenvalue weighted by molar-refractivity contribution is -0.140. The van der Waals surface area contributed by atoms with Gasteiger partial charge in [0, 0.05) is 28.6 Å². The molecule has 1 aliphatic heterocycles. The van der Waals surface area contributed by atoms with E-state index in [1.165, 1.54) is 0 Å². The Bertz CT molecular complexity index is 1100. The maximum Gasteiger partial charge on any atom is 0.425 e. The van der Waals surface area contributed by atoms with Gasteiger partial charge < -0.3 is 9.64 Å². The SMILES string of the molecule is CC(C)OC(=O)C1=CN(C(=O)c2ccc(F)c(F)c2)CC(C)(C)c2cc(C(F)(F)F)sc21. The topological polar surface area (TPSA) is 46.6 Å². The second-order valence-corrected chi connectivity index (χ2v) is 9.35. The van der Waals surface area contributed by atoms with Crippen LogP contribution in [-0.4, -0.2) is 29.4 Å². The van der Waals surface area contributed by atoms with E-state index >= 15 is 0 Å². The minimum atomic E-state index is -4.61. The summed E-state index contributed by atoms with van der Waals surface area (Å²) in [6.07, 6.45) is -4.04. The van der Waals surface area contributed by atoms with Crippen LogP contribution in [0.4, 0.5) is 22.0 Å². The van der Waals surface area contributed by atoms with Crippen LogP contribution in [0.15, 0.2) is 30.5 Å². The summed E-state index contributed by atoms with van der Waals surface area (Å²) in [5.41, 5.74) is -1.15.